The van der Waals surface area contributed by atoms with Gasteiger partial charge in [-0.05, 0) is 39.7 Å². The molecule has 0 amide bonds. The van der Waals surface area contributed by atoms with Crippen LogP contribution in [0.3, 0.4) is 0 Å². The third-order valence-electron chi connectivity index (χ3n) is 2.53. The van der Waals surface area contributed by atoms with E-state index in [2.05, 4.69) is 38.3 Å². The molecule has 5 heteroatoms. The van der Waals surface area contributed by atoms with Crippen molar-refractivity contribution in [3.63, 3.8) is 0 Å². The molecule has 0 aliphatic rings. The second-order valence-corrected chi connectivity index (χ2v) is 5.73. The Morgan fingerprint density at radius 3 is 2.72 bits per heavy atom. The summed E-state index contributed by atoms with van der Waals surface area (Å²) in [6.07, 6.45) is 0. The first-order chi connectivity index (χ1) is 8.74. The molecule has 3 rings (SSSR count). The topological polar surface area (TPSA) is 35.0 Å². The highest BCUT2D eigenvalue weighted by Gasteiger charge is 2.09. The smallest absolute Gasteiger partial charge is 0.299 e. The van der Waals surface area contributed by atoms with Gasteiger partial charge in [0.25, 0.3) is 5.19 Å². The largest absolute Gasteiger partial charge is 0.429 e. The van der Waals surface area contributed by atoms with Gasteiger partial charge in [-0.2, -0.15) is 0 Å². The van der Waals surface area contributed by atoms with Crippen molar-refractivity contribution in [1.82, 2.24) is 10.2 Å². The molecule has 0 aliphatic heterocycles. The SMILES string of the molecule is Cc1nnc(Oc2ccc3ccccc3c2Br)s1. The molecule has 90 valence electrons. The molecule has 18 heavy (non-hydrogen) atoms. The molecule has 0 spiro atoms. The van der Waals surface area contributed by atoms with Gasteiger partial charge in [-0.15, -0.1) is 5.10 Å². The van der Waals surface area contributed by atoms with E-state index >= 15 is 0 Å². The van der Waals surface area contributed by atoms with Gasteiger partial charge in [-0.1, -0.05) is 46.8 Å². The molecule has 0 aliphatic carbocycles. The summed E-state index contributed by atoms with van der Waals surface area (Å²) in [7, 11) is 0. The second-order valence-electron chi connectivity index (χ2n) is 3.79. The molecule has 0 radical (unpaired) electrons. The zero-order valence-corrected chi connectivity index (χ0v) is 12.0. The summed E-state index contributed by atoms with van der Waals surface area (Å²) in [6, 6.07) is 12.1. The van der Waals surface area contributed by atoms with Crippen molar-refractivity contribution in [2.45, 2.75) is 6.92 Å². The summed E-state index contributed by atoms with van der Waals surface area (Å²) in [6.45, 7) is 1.90. The van der Waals surface area contributed by atoms with Crippen LogP contribution < -0.4 is 4.74 Å². The maximum absolute atomic E-state index is 5.74. The van der Waals surface area contributed by atoms with Gasteiger partial charge in [-0.3, -0.25) is 0 Å². The Morgan fingerprint density at radius 2 is 1.94 bits per heavy atom. The van der Waals surface area contributed by atoms with Crippen LogP contribution in [0.1, 0.15) is 5.01 Å². The number of hydrogen-bond acceptors (Lipinski definition) is 4. The van der Waals surface area contributed by atoms with E-state index in [0.29, 0.717) is 5.19 Å². The molecular formula is C13H9BrN2OS. The predicted molar refractivity (Wildman–Crippen MR) is 76.4 cm³/mol. The number of rotatable bonds is 2. The number of halogens is 1. The molecular weight excluding hydrogens is 312 g/mol. The quantitative estimate of drug-likeness (QED) is 0.694. The standard InChI is InChI=1S/C13H9BrN2OS/c1-8-15-16-13(18-8)17-11-7-6-9-4-2-3-5-10(9)12(11)14/h2-7H,1H3. The number of fused-ring (bicyclic) bond motifs is 1. The molecule has 0 fully saturated rings. The van der Waals surface area contributed by atoms with Gasteiger partial charge >= 0.3 is 0 Å². The lowest BCUT2D eigenvalue weighted by atomic mass is 10.1. The van der Waals surface area contributed by atoms with Gasteiger partial charge < -0.3 is 4.74 Å². The molecule has 0 unspecified atom stereocenters. The Morgan fingerprint density at radius 1 is 1.11 bits per heavy atom. The molecule has 0 saturated heterocycles. The second kappa shape index (κ2) is 4.66. The molecule has 0 atom stereocenters. The van der Waals surface area contributed by atoms with Crippen LogP contribution >= 0.6 is 27.3 Å². The number of benzene rings is 2. The Labute approximate surface area is 117 Å². The summed E-state index contributed by atoms with van der Waals surface area (Å²) in [5, 5.41) is 11.6. The van der Waals surface area contributed by atoms with Crippen molar-refractivity contribution in [3.8, 4) is 10.9 Å². The average molecular weight is 321 g/mol. The van der Waals surface area contributed by atoms with E-state index in [1.807, 2.05) is 31.2 Å². The first-order valence-electron chi connectivity index (χ1n) is 5.39. The van der Waals surface area contributed by atoms with Crippen LogP contribution in [-0.4, -0.2) is 10.2 Å². The average Bonchev–Trinajstić information content (AvgIpc) is 2.79. The molecule has 0 saturated carbocycles. The summed E-state index contributed by atoms with van der Waals surface area (Å²) in [5.74, 6) is 0.754. The van der Waals surface area contributed by atoms with Crippen LogP contribution in [0.2, 0.25) is 0 Å². The Hall–Kier alpha value is -1.46. The molecule has 3 aromatic rings. The van der Waals surface area contributed by atoms with E-state index in [9.17, 15) is 0 Å². The van der Waals surface area contributed by atoms with Crippen LogP contribution in [0.5, 0.6) is 10.9 Å². The summed E-state index contributed by atoms with van der Waals surface area (Å²) in [5.41, 5.74) is 0. The fourth-order valence-electron chi connectivity index (χ4n) is 1.71. The Balaban J connectivity index is 2.04. The summed E-state index contributed by atoms with van der Waals surface area (Å²) >= 11 is 5.01. The van der Waals surface area contributed by atoms with Crippen molar-refractivity contribution < 1.29 is 4.74 Å². The van der Waals surface area contributed by atoms with Gasteiger partial charge in [0.15, 0.2) is 0 Å². The predicted octanol–water partition coefficient (Wildman–Crippen LogP) is 4.55. The zero-order chi connectivity index (χ0) is 12.5. The van der Waals surface area contributed by atoms with Crippen LogP contribution in [0.4, 0.5) is 0 Å². The number of ether oxygens (including phenoxy) is 1. The van der Waals surface area contributed by atoms with Crippen molar-refractivity contribution in [3.05, 3.63) is 45.9 Å². The van der Waals surface area contributed by atoms with Crippen molar-refractivity contribution in [2.75, 3.05) is 0 Å². The van der Waals surface area contributed by atoms with Crippen LogP contribution in [0, 0.1) is 6.92 Å². The van der Waals surface area contributed by atoms with E-state index < -0.39 is 0 Å². The number of aryl methyl sites for hydroxylation is 1. The van der Waals surface area contributed by atoms with Crippen LogP contribution in [0.25, 0.3) is 10.8 Å². The van der Waals surface area contributed by atoms with Gasteiger partial charge in [0.05, 0.1) is 4.47 Å². The fraction of sp³-hybridized carbons (Fsp3) is 0.0769. The first-order valence-corrected chi connectivity index (χ1v) is 7.00. The Bertz CT molecular complexity index is 711. The van der Waals surface area contributed by atoms with E-state index in [-0.39, 0.29) is 0 Å². The van der Waals surface area contributed by atoms with Gasteiger partial charge in [0.1, 0.15) is 10.8 Å². The highest BCUT2D eigenvalue weighted by Crippen LogP contribution is 2.36. The number of nitrogens with zero attached hydrogens (tertiary/aromatic N) is 2. The fourth-order valence-corrected chi connectivity index (χ4v) is 2.83. The van der Waals surface area contributed by atoms with E-state index in [1.54, 1.807) is 0 Å². The first kappa shape index (κ1) is 11.6. The molecule has 1 heterocycles. The van der Waals surface area contributed by atoms with E-state index in [0.717, 1.165) is 20.6 Å². The molecule has 0 bridgehead atoms. The molecule has 2 aromatic carbocycles. The lowest BCUT2D eigenvalue weighted by Crippen LogP contribution is -1.86. The summed E-state index contributed by atoms with van der Waals surface area (Å²) < 4.78 is 6.67. The lowest BCUT2D eigenvalue weighted by molar-refractivity contribution is 0.471. The number of hydrogen-bond donors (Lipinski definition) is 0. The minimum absolute atomic E-state index is 0.559. The van der Waals surface area contributed by atoms with Crippen LogP contribution in [-0.2, 0) is 0 Å². The van der Waals surface area contributed by atoms with Gasteiger partial charge in [-0.25, -0.2) is 0 Å². The van der Waals surface area contributed by atoms with Crippen molar-refractivity contribution in [1.29, 1.82) is 0 Å². The molecule has 0 N–H and O–H groups in total. The van der Waals surface area contributed by atoms with Crippen molar-refractivity contribution >= 4 is 38.0 Å². The molecule has 1 aromatic heterocycles. The van der Waals surface area contributed by atoms with Gasteiger partial charge in [0.2, 0.25) is 0 Å². The lowest BCUT2D eigenvalue weighted by Gasteiger charge is -2.07. The summed E-state index contributed by atoms with van der Waals surface area (Å²) in [4.78, 5) is 0. The maximum atomic E-state index is 5.74. The normalized spacial score (nSPS) is 10.8. The van der Waals surface area contributed by atoms with E-state index in [4.69, 9.17) is 4.74 Å². The maximum Gasteiger partial charge on any atom is 0.299 e. The Kier molecular flexibility index (Phi) is 3.01. The zero-order valence-electron chi connectivity index (χ0n) is 9.55. The number of aromatic nitrogens is 2. The van der Waals surface area contributed by atoms with Crippen molar-refractivity contribution in [2.24, 2.45) is 0 Å². The highest BCUT2D eigenvalue weighted by atomic mass is 79.9. The van der Waals surface area contributed by atoms with Crippen LogP contribution in [0.15, 0.2) is 40.9 Å². The third kappa shape index (κ3) is 2.11. The minimum atomic E-state index is 0.559. The van der Waals surface area contributed by atoms with E-state index in [1.165, 1.54) is 16.7 Å². The minimum Gasteiger partial charge on any atom is -0.429 e. The van der Waals surface area contributed by atoms with Gasteiger partial charge in [0, 0.05) is 0 Å². The molecule has 3 nitrogen and oxygen atoms in total. The third-order valence-corrected chi connectivity index (χ3v) is 4.07. The monoisotopic (exact) mass is 320 g/mol. The highest BCUT2D eigenvalue weighted by molar-refractivity contribution is 9.10.